The molecule has 5 rings (SSSR count). The van der Waals surface area contributed by atoms with E-state index in [9.17, 15) is 23.6 Å². The van der Waals surface area contributed by atoms with E-state index in [0.29, 0.717) is 17.0 Å². The predicted molar refractivity (Wildman–Crippen MR) is 146 cm³/mol. The number of amides is 1. The number of anilines is 2. The van der Waals surface area contributed by atoms with Crippen LogP contribution in [0.25, 0.3) is 16.6 Å². The maximum Gasteiger partial charge on any atom is 0.335 e. The van der Waals surface area contributed by atoms with Crippen molar-refractivity contribution in [3.63, 3.8) is 0 Å². The molecule has 2 aromatic carbocycles. The Morgan fingerprint density at radius 1 is 1.03 bits per heavy atom. The number of aryl methyl sites for hydroxylation is 2. The number of halogens is 1. The van der Waals surface area contributed by atoms with Crippen LogP contribution in [-0.4, -0.2) is 32.3 Å². The number of benzene rings is 2. The minimum atomic E-state index is -0.681. The molecule has 2 heterocycles. The van der Waals surface area contributed by atoms with Gasteiger partial charge in [-0.1, -0.05) is 12.1 Å². The Morgan fingerprint density at radius 2 is 1.77 bits per heavy atom. The lowest BCUT2D eigenvalue weighted by Gasteiger charge is -2.20. The smallest absolute Gasteiger partial charge is 0.335 e. The summed E-state index contributed by atoms with van der Waals surface area (Å²) < 4.78 is 23.8. The van der Waals surface area contributed by atoms with E-state index < -0.39 is 22.6 Å². The van der Waals surface area contributed by atoms with E-state index in [1.807, 2.05) is 0 Å². The van der Waals surface area contributed by atoms with Gasteiger partial charge in [0.1, 0.15) is 22.8 Å². The lowest BCUT2D eigenvalue weighted by atomic mass is 10.1. The van der Waals surface area contributed by atoms with E-state index in [-0.39, 0.29) is 46.5 Å². The van der Waals surface area contributed by atoms with Crippen LogP contribution in [0.1, 0.15) is 24.0 Å². The van der Waals surface area contributed by atoms with E-state index in [1.165, 1.54) is 42.3 Å². The summed E-state index contributed by atoms with van der Waals surface area (Å²) in [6.45, 7) is 3.08. The van der Waals surface area contributed by atoms with Gasteiger partial charge in [-0.3, -0.25) is 28.1 Å². The van der Waals surface area contributed by atoms with Crippen molar-refractivity contribution in [2.75, 3.05) is 11.9 Å². The minimum absolute atomic E-state index is 0.0341. The van der Waals surface area contributed by atoms with Crippen LogP contribution in [0.5, 0.6) is 5.75 Å². The quantitative estimate of drug-likeness (QED) is 0.377. The molecule has 202 valence electrons. The van der Waals surface area contributed by atoms with Crippen molar-refractivity contribution in [1.82, 2.24) is 19.0 Å². The summed E-state index contributed by atoms with van der Waals surface area (Å²) in [4.78, 5) is 52.3. The van der Waals surface area contributed by atoms with Crippen LogP contribution in [0.4, 0.5) is 15.9 Å². The Morgan fingerprint density at radius 3 is 2.46 bits per heavy atom. The normalized spacial score (nSPS) is 12.9. The molecule has 4 aromatic rings. The Hall–Kier alpha value is -4.67. The second-order valence-corrected chi connectivity index (χ2v) is 9.78. The SMILES string of the molecule is Cc1ccc(Nc2c3c(=O)n(C)c(=O)n(-c4cccc(OCC(=O)NC5CC5)c4)c3c(C)c(=O)n2C)c(F)c1. The molecule has 0 aliphatic heterocycles. The van der Waals surface area contributed by atoms with Gasteiger partial charge in [-0.05, 0) is 56.5 Å². The molecular weight excluding hydrogens is 505 g/mol. The van der Waals surface area contributed by atoms with Gasteiger partial charge in [0.05, 0.1) is 16.9 Å². The van der Waals surface area contributed by atoms with E-state index in [4.69, 9.17) is 4.74 Å². The molecule has 0 spiro atoms. The Labute approximate surface area is 222 Å². The number of aromatic nitrogens is 3. The largest absolute Gasteiger partial charge is 0.484 e. The monoisotopic (exact) mass is 533 g/mol. The van der Waals surface area contributed by atoms with Crippen molar-refractivity contribution < 1.29 is 13.9 Å². The zero-order valence-corrected chi connectivity index (χ0v) is 22.0. The fraction of sp³-hybridized carbons (Fsp3) is 0.286. The summed E-state index contributed by atoms with van der Waals surface area (Å²) >= 11 is 0. The number of nitrogens with one attached hydrogen (secondary N) is 2. The molecule has 0 bridgehead atoms. The molecule has 0 atom stereocenters. The Bertz CT molecular complexity index is 1820. The van der Waals surface area contributed by atoms with Gasteiger partial charge in [0.15, 0.2) is 6.61 Å². The van der Waals surface area contributed by atoms with Crippen molar-refractivity contribution in [3.8, 4) is 11.4 Å². The standard InChI is InChI=1S/C28H28FN5O5/c1-15-8-11-21(20(29)12-15)31-25-23-24(16(2)26(36)32(25)3)34(28(38)33(4)27(23)37)18-6-5-7-19(13-18)39-14-22(35)30-17-9-10-17/h5-8,11-13,17,31H,9-10,14H2,1-4H3,(H,30,35). The van der Waals surface area contributed by atoms with Crippen LogP contribution in [0.15, 0.2) is 56.8 Å². The number of carbonyl (C=O) groups is 1. The number of pyridine rings is 1. The summed E-state index contributed by atoms with van der Waals surface area (Å²) in [6, 6.07) is 11.2. The number of nitrogens with zero attached hydrogens (tertiary/aromatic N) is 3. The second-order valence-electron chi connectivity index (χ2n) is 9.78. The van der Waals surface area contributed by atoms with Crippen LogP contribution in [0.3, 0.4) is 0 Å². The average molecular weight is 534 g/mol. The first-order valence-corrected chi connectivity index (χ1v) is 12.5. The van der Waals surface area contributed by atoms with Gasteiger partial charge >= 0.3 is 5.69 Å². The highest BCUT2D eigenvalue weighted by molar-refractivity contribution is 5.93. The molecular formula is C28H28FN5O5. The van der Waals surface area contributed by atoms with Crippen LogP contribution >= 0.6 is 0 Å². The third-order valence-electron chi connectivity index (χ3n) is 6.78. The van der Waals surface area contributed by atoms with Gasteiger partial charge in [-0.25, -0.2) is 9.18 Å². The molecule has 2 N–H and O–H groups in total. The molecule has 39 heavy (non-hydrogen) atoms. The Kier molecular flexibility index (Phi) is 6.59. The maximum absolute atomic E-state index is 14.8. The molecule has 1 aliphatic carbocycles. The molecule has 1 saturated carbocycles. The first-order valence-electron chi connectivity index (χ1n) is 12.5. The maximum atomic E-state index is 14.8. The number of fused-ring (bicyclic) bond motifs is 1. The summed E-state index contributed by atoms with van der Waals surface area (Å²) in [5.74, 6) is -0.432. The van der Waals surface area contributed by atoms with Crippen LogP contribution in [0, 0.1) is 19.7 Å². The number of ether oxygens (including phenoxy) is 1. The topological polar surface area (TPSA) is 116 Å². The molecule has 1 amide bonds. The van der Waals surface area contributed by atoms with Crippen molar-refractivity contribution in [2.24, 2.45) is 14.1 Å². The zero-order chi connectivity index (χ0) is 28.0. The van der Waals surface area contributed by atoms with Gasteiger partial charge in [-0.2, -0.15) is 0 Å². The first kappa shape index (κ1) is 26.0. The summed E-state index contributed by atoms with van der Waals surface area (Å²) in [5, 5.41) is 5.78. The zero-order valence-electron chi connectivity index (χ0n) is 22.0. The Balaban J connectivity index is 1.69. The van der Waals surface area contributed by atoms with Gasteiger partial charge in [-0.15, -0.1) is 0 Å². The molecule has 0 unspecified atom stereocenters. The highest BCUT2D eigenvalue weighted by Crippen LogP contribution is 2.27. The summed E-state index contributed by atoms with van der Waals surface area (Å²) in [5.41, 5.74) is -0.452. The van der Waals surface area contributed by atoms with Crippen LogP contribution in [0.2, 0.25) is 0 Å². The van der Waals surface area contributed by atoms with Gasteiger partial charge in [0.25, 0.3) is 17.0 Å². The van der Waals surface area contributed by atoms with E-state index in [1.54, 1.807) is 37.3 Å². The van der Waals surface area contributed by atoms with Crippen molar-refractivity contribution in [1.29, 1.82) is 0 Å². The highest BCUT2D eigenvalue weighted by atomic mass is 19.1. The molecule has 10 nitrogen and oxygen atoms in total. The molecule has 1 aliphatic rings. The second kappa shape index (κ2) is 9.90. The minimum Gasteiger partial charge on any atom is -0.484 e. The lowest BCUT2D eigenvalue weighted by Crippen LogP contribution is -2.40. The summed E-state index contributed by atoms with van der Waals surface area (Å²) in [7, 11) is 2.80. The van der Waals surface area contributed by atoms with E-state index >= 15 is 0 Å². The molecule has 0 saturated heterocycles. The predicted octanol–water partition coefficient (Wildman–Crippen LogP) is 2.55. The molecule has 0 radical (unpaired) electrons. The van der Waals surface area contributed by atoms with E-state index in [2.05, 4.69) is 10.6 Å². The number of hydrogen-bond acceptors (Lipinski definition) is 6. The fourth-order valence-electron chi connectivity index (χ4n) is 4.50. The van der Waals surface area contributed by atoms with Crippen molar-refractivity contribution >= 4 is 28.3 Å². The van der Waals surface area contributed by atoms with Crippen molar-refractivity contribution in [3.05, 3.63) is 90.6 Å². The number of hydrogen-bond donors (Lipinski definition) is 2. The van der Waals surface area contributed by atoms with E-state index in [0.717, 1.165) is 17.4 Å². The lowest BCUT2D eigenvalue weighted by molar-refractivity contribution is -0.123. The van der Waals surface area contributed by atoms with Crippen LogP contribution < -0.4 is 32.2 Å². The number of carbonyl (C=O) groups excluding carboxylic acids is 1. The van der Waals surface area contributed by atoms with Crippen LogP contribution in [-0.2, 0) is 18.9 Å². The van der Waals surface area contributed by atoms with Gasteiger partial charge in [0, 0.05) is 31.8 Å². The van der Waals surface area contributed by atoms with Gasteiger partial charge in [0.2, 0.25) is 0 Å². The third kappa shape index (κ3) is 4.83. The average Bonchev–Trinajstić information content (AvgIpc) is 3.72. The summed E-state index contributed by atoms with van der Waals surface area (Å²) in [6.07, 6.45) is 1.91. The number of rotatable bonds is 7. The first-order chi connectivity index (χ1) is 18.6. The molecule has 1 fully saturated rings. The molecule has 2 aromatic heterocycles. The highest BCUT2D eigenvalue weighted by Gasteiger charge is 2.24. The van der Waals surface area contributed by atoms with Crippen molar-refractivity contribution in [2.45, 2.75) is 32.7 Å². The fourth-order valence-corrected chi connectivity index (χ4v) is 4.50. The molecule has 11 heteroatoms. The van der Waals surface area contributed by atoms with Gasteiger partial charge < -0.3 is 15.4 Å². The third-order valence-corrected chi connectivity index (χ3v) is 6.78.